The van der Waals surface area contributed by atoms with Gasteiger partial charge in [0.2, 0.25) is 0 Å². The number of carbonyl (C=O) groups is 1. The maximum atomic E-state index is 11.1. The lowest BCUT2D eigenvalue weighted by atomic mass is 10.0. The first-order valence-electron chi connectivity index (χ1n) is 4.49. The van der Waals surface area contributed by atoms with Gasteiger partial charge >= 0.3 is 5.37 Å². The average Bonchev–Trinajstić information content (AvgIpc) is 2.04. The highest BCUT2D eigenvalue weighted by atomic mass is 35.5. The van der Waals surface area contributed by atoms with E-state index in [0.29, 0.717) is 0 Å². The van der Waals surface area contributed by atoms with Crippen molar-refractivity contribution in [1.29, 1.82) is 0 Å². The highest BCUT2D eigenvalue weighted by molar-refractivity contribution is 6.62. The molecule has 0 aromatic heterocycles. The van der Waals surface area contributed by atoms with Crippen molar-refractivity contribution in [1.82, 2.24) is 10.0 Å². The molecular formula is C9H15ClN2O. The lowest BCUT2D eigenvalue weighted by Gasteiger charge is -2.30. The van der Waals surface area contributed by atoms with Crippen molar-refractivity contribution in [2.75, 3.05) is 14.1 Å². The first-order chi connectivity index (χ1) is 6.13. The molecule has 1 rings (SSSR count). The standard InChI is InChI=1S/C9H15ClN2O/c1-11(2)12(9(10)13)8-6-4-3-5-7-8/h6H,3-5,7H2,1-2H3. The van der Waals surface area contributed by atoms with Crippen LogP contribution in [0.15, 0.2) is 11.8 Å². The number of halogens is 1. The molecule has 1 aliphatic carbocycles. The normalized spacial score (nSPS) is 17.1. The Hall–Kier alpha value is -0.540. The molecule has 0 spiro atoms. The van der Waals surface area contributed by atoms with Crippen LogP contribution >= 0.6 is 11.6 Å². The number of nitrogens with zero attached hydrogens (tertiary/aromatic N) is 2. The lowest BCUT2D eigenvalue weighted by molar-refractivity contribution is 0.106. The zero-order chi connectivity index (χ0) is 9.84. The van der Waals surface area contributed by atoms with Crippen molar-refractivity contribution in [3.05, 3.63) is 11.8 Å². The third-order valence-electron chi connectivity index (χ3n) is 2.11. The predicted octanol–water partition coefficient (Wildman–Crippen LogP) is 2.58. The van der Waals surface area contributed by atoms with Gasteiger partial charge in [-0.25, -0.2) is 10.0 Å². The second kappa shape index (κ2) is 4.63. The van der Waals surface area contributed by atoms with Crippen LogP contribution in [0, 0.1) is 0 Å². The summed E-state index contributed by atoms with van der Waals surface area (Å²) in [7, 11) is 3.63. The van der Waals surface area contributed by atoms with Crippen molar-refractivity contribution >= 4 is 17.0 Å². The SMILES string of the molecule is CN(C)N(C(=O)Cl)C1=CCCCC1. The quantitative estimate of drug-likeness (QED) is 0.391. The predicted molar refractivity (Wildman–Crippen MR) is 53.3 cm³/mol. The summed E-state index contributed by atoms with van der Waals surface area (Å²) >= 11 is 5.48. The molecule has 13 heavy (non-hydrogen) atoms. The van der Waals surface area contributed by atoms with Crippen LogP contribution in [-0.4, -0.2) is 29.5 Å². The number of carbonyl (C=O) groups excluding carboxylic acids is 1. The van der Waals surface area contributed by atoms with Crippen LogP contribution in [0.25, 0.3) is 0 Å². The Morgan fingerprint density at radius 1 is 1.46 bits per heavy atom. The van der Waals surface area contributed by atoms with E-state index in [9.17, 15) is 4.79 Å². The van der Waals surface area contributed by atoms with Gasteiger partial charge in [-0.15, -0.1) is 0 Å². The van der Waals surface area contributed by atoms with E-state index in [0.717, 1.165) is 25.0 Å². The van der Waals surface area contributed by atoms with E-state index < -0.39 is 5.37 Å². The Bertz CT molecular complexity index is 226. The molecule has 74 valence electrons. The van der Waals surface area contributed by atoms with Crippen LogP contribution < -0.4 is 0 Å². The Morgan fingerprint density at radius 2 is 2.15 bits per heavy atom. The second-order valence-electron chi connectivity index (χ2n) is 3.35. The summed E-state index contributed by atoms with van der Waals surface area (Å²) < 4.78 is 0. The molecule has 0 N–H and O–H groups in total. The fourth-order valence-electron chi connectivity index (χ4n) is 1.54. The summed E-state index contributed by atoms with van der Waals surface area (Å²) in [6.07, 6.45) is 6.42. The average molecular weight is 203 g/mol. The number of allylic oxidation sites excluding steroid dienone is 2. The third kappa shape index (κ3) is 2.71. The second-order valence-corrected chi connectivity index (χ2v) is 3.68. The van der Waals surface area contributed by atoms with Gasteiger partial charge in [0.25, 0.3) is 0 Å². The Labute approximate surface area is 83.9 Å². The van der Waals surface area contributed by atoms with E-state index in [1.54, 1.807) is 5.01 Å². The van der Waals surface area contributed by atoms with Crippen LogP contribution in [0.2, 0.25) is 0 Å². The zero-order valence-electron chi connectivity index (χ0n) is 8.09. The maximum absolute atomic E-state index is 11.1. The molecule has 0 saturated carbocycles. The molecule has 0 bridgehead atoms. The summed E-state index contributed by atoms with van der Waals surface area (Å²) in [5, 5.41) is 2.80. The highest BCUT2D eigenvalue weighted by Crippen LogP contribution is 2.22. The van der Waals surface area contributed by atoms with Gasteiger partial charge in [0.15, 0.2) is 0 Å². The molecule has 0 atom stereocenters. The fraction of sp³-hybridized carbons (Fsp3) is 0.667. The summed E-state index contributed by atoms with van der Waals surface area (Å²) in [6, 6.07) is 0. The first kappa shape index (κ1) is 10.5. The van der Waals surface area contributed by atoms with Crippen LogP contribution in [0.5, 0.6) is 0 Å². The monoisotopic (exact) mass is 202 g/mol. The maximum Gasteiger partial charge on any atom is 0.335 e. The van der Waals surface area contributed by atoms with Crippen LogP contribution in [0.3, 0.4) is 0 Å². The molecule has 0 aliphatic heterocycles. The Kier molecular flexibility index (Phi) is 3.75. The largest absolute Gasteiger partial charge is 0.335 e. The Balaban J connectivity index is 2.74. The van der Waals surface area contributed by atoms with Gasteiger partial charge in [0, 0.05) is 19.8 Å². The molecular weight excluding hydrogens is 188 g/mol. The molecule has 1 amide bonds. The van der Waals surface area contributed by atoms with Gasteiger partial charge in [0.05, 0.1) is 0 Å². The van der Waals surface area contributed by atoms with E-state index in [1.807, 2.05) is 14.1 Å². The number of hydrazine groups is 1. The fourth-order valence-corrected chi connectivity index (χ4v) is 1.80. The molecule has 0 heterocycles. The summed E-state index contributed by atoms with van der Waals surface area (Å²) in [5.74, 6) is 0. The molecule has 0 saturated heterocycles. The summed E-state index contributed by atoms with van der Waals surface area (Å²) in [5.41, 5.74) is 1.02. The summed E-state index contributed by atoms with van der Waals surface area (Å²) in [4.78, 5) is 11.1. The number of hydrogen-bond donors (Lipinski definition) is 0. The molecule has 4 heteroatoms. The van der Waals surface area contributed by atoms with Gasteiger partial charge in [-0.05, 0) is 37.3 Å². The minimum Gasteiger partial charge on any atom is -0.254 e. The van der Waals surface area contributed by atoms with Crippen molar-refractivity contribution in [3.8, 4) is 0 Å². The summed E-state index contributed by atoms with van der Waals surface area (Å²) in [6.45, 7) is 0. The van der Waals surface area contributed by atoms with E-state index in [4.69, 9.17) is 11.6 Å². The molecule has 3 nitrogen and oxygen atoms in total. The minimum atomic E-state index is -0.432. The van der Waals surface area contributed by atoms with Crippen LogP contribution in [-0.2, 0) is 0 Å². The molecule has 0 aromatic carbocycles. The van der Waals surface area contributed by atoms with Crippen molar-refractivity contribution in [2.45, 2.75) is 25.7 Å². The van der Waals surface area contributed by atoms with Gasteiger partial charge in [0.1, 0.15) is 0 Å². The van der Waals surface area contributed by atoms with E-state index in [2.05, 4.69) is 6.08 Å². The van der Waals surface area contributed by atoms with Gasteiger partial charge in [-0.2, -0.15) is 0 Å². The smallest absolute Gasteiger partial charge is 0.254 e. The van der Waals surface area contributed by atoms with Crippen molar-refractivity contribution in [3.63, 3.8) is 0 Å². The molecule has 0 unspecified atom stereocenters. The number of rotatable bonds is 2. The van der Waals surface area contributed by atoms with E-state index in [1.165, 1.54) is 11.4 Å². The van der Waals surface area contributed by atoms with Crippen molar-refractivity contribution in [2.24, 2.45) is 0 Å². The van der Waals surface area contributed by atoms with Gasteiger partial charge < -0.3 is 0 Å². The molecule has 0 fully saturated rings. The lowest BCUT2D eigenvalue weighted by Crippen LogP contribution is -2.38. The topological polar surface area (TPSA) is 23.6 Å². The number of amides is 1. The van der Waals surface area contributed by atoms with Crippen LogP contribution in [0.4, 0.5) is 4.79 Å². The van der Waals surface area contributed by atoms with E-state index >= 15 is 0 Å². The zero-order valence-corrected chi connectivity index (χ0v) is 8.84. The molecule has 1 aliphatic rings. The number of hydrogen-bond acceptors (Lipinski definition) is 2. The Morgan fingerprint density at radius 3 is 2.54 bits per heavy atom. The van der Waals surface area contributed by atoms with E-state index in [-0.39, 0.29) is 0 Å². The van der Waals surface area contributed by atoms with Crippen LogP contribution in [0.1, 0.15) is 25.7 Å². The highest BCUT2D eigenvalue weighted by Gasteiger charge is 2.19. The molecule has 0 aromatic rings. The van der Waals surface area contributed by atoms with Crippen molar-refractivity contribution < 1.29 is 4.79 Å². The minimum absolute atomic E-state index is 0.432. The third-order valence-corrected chi connectivity index (χ3v) is 2.27. The first-order valence-corrected chi connectivity index (χ1v) is 4.86. The molecule has 0 radical (unpaired) electrons. The van der Waals surface area contributed by atoms with Gasteiger partial charge in [-0.1, -0.05) is 6.08 Å². The van der Waals surface area contributed by atoms with Gasteiger partial charge in [-0.3, -0.25) is 4.79 Å².